The molecule has 1 N–H and O–H groups in total. The van der Waals surface area contributed by atoms with Crippen LogP contribution in [0.2, 0.25) is 0 Å². The van der Waals surface area contributed by atoms with E-state index < -0.39 is 6.10 Å². The van der Waals surface area contributed by atoms with E-state index in [1.54, 1.807) is 18.0 Å². The lowest BCUT2D eigenvalue weighted by molar-refractivity contribution is -0.127. The van der Waals surface area contributed by atoms with Crippen molar-refractivity contribution in [2.45, 2.75) is 26.5 Å². The number of likely N-dealkylation sites (N-methyl/N-ethyl adjacent to an activating group) is 1. The van der Waals surface area contributed by atoms with Crippen molar-refractivity contribution in [2.75, 3.05) is 18.5 Å². The van der Waals surface area contributed by atoms with E-state index in [1.807, 2.05) is 35.9 Å². The zero-order valence-corrected chi connectivity index (χ0v) is 19.5. The third-order valence-electron chi connectivity index (χ3n) is 5.83. The Morgan fingerprint density at radius 1 is 1.15 bits per heavy atom. The molecule has 0 radical (unpaired) electrons. The summed E-state index contributed by atoms with van der Waals surface area (Å²) in [6, 6.07) is 17.6. The number of nitrogens with one attached hydrogen (secondary N) is 1. The van der Waals surface area contributed by atoms with Gasteiger partial charge in [0, 0.05) is 12.4 Å². The topological polar surface area (TPSA) is 76.5 Å². The molecule has 5 rings (SSSR count). The summed E-state index contributed by atoms with van der Waals surface area (Å²) in [7, 11) is 1.56. The molecule has 4 aromatic rings. The highest BCUT2D eigenvalue weighted by Crippen LogP contribution is 2.36. The van der Waals surface area contributed by atoms with Crippen LogP contribution in [0.15, 0.2) is 54.6 Å². The number of aromatic nitrogens is 2. The number of rotatable bonds is 4. The second-order valence-electron chi connectivity index (χ2n) is 8.16. The number of aryl methyl sites for hydroxylation is 2. The van der Waals surface area contributed by atoms with E-state index in [-0.39, 0.29) is 18.4 Å². The van der Waals surface area contributed by atoms with Gasteiger partial charge in [-0.3, -0.25) is 19.2 Å². The fourth-order valence-corrected chi connectivity index (χ4v) is 5.16. The maximum Gasteiger partial charge on any atom is 0.268 e. The van der Waals surface area contributed by atoms with E-state index >= 15 is 0 Å². The van der Waals surface area contributed by atoms with Crippen LogP contribution < -0.4 is 15.0 Å². The van der Waals surface area contributed by atoms with E-state index in [1.165, 1.54) is 16.9 Å². The summed E-state index contributed by atoms with van der Waals surface area (Å²) in [4.78, 5) is 29.1. The van der Waals surface area contributed by atoms with Crippen molar-refractivity contribution in [1.82, 2.24) is 15.1 Å². The molecule has 1 atom stereocenters. The molecule has 3 heterocycles. The van der Waals surface area contributed by atoms with Crippen LogP contribution in [0.1, 0.15) is 26.5 Å². The van der Waals surface area contributed by atoms with Crippen LogP contribution in [-0.4, -0.2) is 41.3 Å². The Morgan fingerprint density at radius 3 is 2.67 bits per heavy atom. The molecular formula is C25H24N4O3S. The van der Waals surface area contributed by atoms with E-state index in [0.29, 0.717) is 22.9 Å². The minimum Gasteiger partial charge on any atom is -0.477 e. The fourth-order valence-electron chi connectivity index (χ4n) is 4.05. The van der Waals surface area contributed by atoms with E-state index in [4.69, 9.17) is 9.84 Å². The molecule has 7 nitrogen and oxygen atoms in total. The third kappa shape index (κ3) is 3.87. The molecule has 0 spiro atoms. The number of ether oxygens (including phenoxy) is 1. The zero-order chi connectivity index (χ0) is 23.1. The summed E-state index contributed by atoms with van der Waals surface area (Å²) < 4.78 is 7.80. The summed E-state index contributed by atoms with van der Waals surface area (Å²) in [5.41, 5.74) is 3.92. The molecule has 8 heteroatoms. The Kier molecular flexibility index (Phi) is 5.38. The summed E-state index contributed by atoms with van der Waals surface area (Å²) in [6.45, 7) is 4.81. The smallest absolute Gasteiger partial charge is 0.268 e. The Hall–Kier alpha value is -3.65. The molecule has 33 heavy (non-hydrogen) atoms. The predicted molar refractivity (Wildman–Crippen MR) is 129 cm³/mol. The standard InChI is InChI=1S/C25H24N4O3S/c1-15-8-10-17(11-9-15)13-29-25-18(16(2)27-29)12-22(33-25)24(31)28-14-21(23(30)26-3)32-20-7-5-4-6-19(20)28/h4-12,21H,13-14H2,1-3H3,(H,26,30). The molecule has 1 unspecified atom stereocenters. The lowest BCUT2D eigenvalue weighted by Crippen LogP contribution is -2.50. The highest BCUT2D eigenvalue weighted by Gasteiger charge is 2.34. The van der Waals surface area contributed by atoms with Crippen molar-refractivity contribution in [2.24, 2.45) is 0 Å². The average molecular weight is 461 g/mol. The van der Waals surface area contributed by atoms with Gasteiger partial charge in [-0.05, 0) is 37.6 Å². The molecular weight excluding hydrogens is 436 g/mol. The molecule has 0 saturated heterocycles. The first kappa shape index (κ1) is 21.2. The van der Waals surface area contributed by atoms with Crippen LogP contribution in [0.25, 0.3) is 10.2 Å². The number of para-hydroxylation sites is 2. The van der Waals surface area contributed by atoms with Gasteiger partial charge in [0.25, 0.3) is 11.8 Å². The van der Waals surface area contributed by atoms with Gasteiger partial charge >= 0.3 is 0 Å². The van der Waals surface area contributed by atoms with Crippen LogP contribution >= 0.6 is 11.3 Å². The van der Waals surface area contributed by atoms with Crippen molar-refractivity contribution >= 4 is 39.1 Å². The first-order valence-electron chi connectivity index (χ1n) is 10.8. The van der Waals surface area contributed by atoms with E-state index in [0.717, 1.165) is 21.5 Å². The SMILES string of the molecule is CNC(=O)C1CN(C(=O)c2cc3c(C)nn(Cc4ccc(C)cc4)c3s2)c2ccccc2O1. The number of anilines is 1. The number of amides is 2. The Bertz CT molecular complexity index is 1360. The quantitative estimate of drug-likeness (QED) is 0.501. The second kappa shape index (κ2) is 8.37. The van der Waals surface area contributed by atoms with Gasteiger partial charge in [-0.1, -0.05) is 42.0 Å². The molecule has 2 aromatic heterocycles. The van der Waals surface area contributed by atoms with Crippen molar-refractivity contribution in [3.05, 3.63) is 76.3 Å². The molecule has 1 aliphatic rings. The predicted octanol–water partition coefficient (Wildman–Crippen LogP) is 3.92. The van der Waals surface area contributed by atoms with Crippen LogP contribution in [0, 0.1) is 13.8 Å². The molecule has 0 fully saturated rings. The molecule has 0 aliphatic carbocycles. The maximum absolute atomic E-state index is 13.6. The number of thiophene rings is 1. The highest BCUT2D eigenvalue weighted by molar-refractivity contribution is 7.20. The van der Waals surface area contributed by atoms with Gasteiger partial charge in [0.15, 0.2) is 6.10 Å². The third-order valence-corrected chi connectivity index (χ3v) is 6.97. The van der Waals surface area contributed by atoms with Crippen molar-refractivity contribution < 1.29 is 14.3 Å². The number of carbonyl (C=O) groups is 2. The molecule has 2 aromatic carbocycles. The normalized spacial score (nSPS) is 15.2. The number of nitrogens with zero attached hydrogens (tertiary/aromatic N) is 3. The van der Waals surface area contributed by atoms with Crippen LogP contribution in [0.3, 0.4) is 0 Å². The number of hydrogen-bond donors (Lipinski definition) is 1. The van der Waals surface area contributed by atoms with Crippen LogP contribution in [0.4, 0.5) is 5.69 Å². The molecule has 168 valence electrons. The summed E-state index contributed by atoms with van der Waals surface area (Å²) in [5, 5.41) is 8.28. The summed E-state index contributed by atoms with van der Waals surface area (Å²) in [5.74, 6) is 0.110. The molecule has 0 bridgehead atoms. The Morgan fingerprint density at radius 2 is 1.91 bits per heavy atom. The lowest BCUT2D eigenvalue weighted by atomic mass is 10.1. The van der Waals surface area contributed by atoms with Crippen molar-refractivity contribution in [1.29, 1.82) is 0 Å². The van der Waals surface area contributed by atoms with Gasteiger partial charge in [-0.2, -0.15) is 5.10 Å². The Labute approximate surface area is 195 Å². The highest BCUT2D eigenvalue weighted by atomic mass is 32.1. The minimum atomic E-state index is -0.762. The van der Waals surface area contributed by atoms with Gasteiger partial charge in [-0.15, -0.1) is 11.3 Å². The fraction of sp³-hybridized carbons (Fsp3) is 0.240. The molecule has 2 amide bonds. The number of hydrogen-bond acceptors (Lipinski definition) is 5. The average Bonchev–Trinajstić information content (AvgIpc) is 3.40. The first-order valence-corrected chi connectivity index (χ1v) is 11.6. The second-order valence-corrected chi connectivity index (χ2v) is 9.19. The summed E-state index contributed by atoms with van der Waals surface area (Å²) in [6.07, 6.45) is -0.762. The first-order chi connectivity index (χ1) is 15.9. The van der Waals surface area contributed by atoms with Gasteiger partial charge in [0.2, 0.25) is 0 Å². The van der Waals surface area contributed by atoms with Crippen LogP contribution in [0.5, 0.6) is 5.75 Å². The van der Waals surface area contributed by atoms with Gasteiger partial charge in [-0.25, -0.2) is 0 Å². The molecule has 1 aliphatic heterocycles. The van der Waals surface area contributed by atoms with Gasteiger partial charge in [0.1, 0.15) is 10.6 Å². The Balaban J connectivity index is 1.49. The number of fused-ring (bicyclic) bond motifs is 2. The zero-order valence-electron chi connectivity index (χ0n) is 18.7. The van der Waals surface area contributed by atoms with Crippen LogP contribution in [-0.2, 0) is 11.3 Å². The van der Waals surface area contributed by atoms with Gasteiger partial charge < -0.3 is 10.1 Å². The van der Waals surface area contributed by atoms with Gasteiger partial charge in [0.05, 0.1) is 29.3 Å². The number of carbonyl (C=O) groups excluding carboxylic acids is 2. The molecule has 0 saturated carbocycles. The lowest BCUT2D eigenvalue weighted by Gasteiger charge is -2.33. The minimum absolute atomic E-state index is 0.151. The van der Waals surface area contributed by atoms with Crippen molar-refractivity contribution in [3.63, 3.8) is 0 Å². The summed E-state index contributed by atoms with van der Waals surface area (Å²) >= 11 is 1.43. The monoisotopic (exact) mass is 460 g/mol. The van der Waals surface area contributed by atoms with E-state index in [2.05, 4.69) is 36.5 Å². The largest absolute Gasteiger partial charge is 0.477 e. The van der Waals surface area contributed by atoms with E-state index in [9.17, 15) is 9.59 Å². The maximum atomic E-state index is 13.6. The number of benzene rings is 2. The van der Waals surface area contributed by atoms with Crippen molar-refractivity contribution in [3.8, 4) is 5.75 Å².